The van der Waals surface area contributed by atoms with E-state index in [9.17, 15) is 9.59 Å². The Kier molecular flexibility index (Phi) is 4.71. The lowest BCUT2D eigenvalue weighted by atomic mass is 9.87. The van der Waals surface area contributed by atoms with Gasteiger partial charge in [0.05, 0.1) is 6.61 Å². The topological polar surface area (TPSA) is 61.8 Å². The lowest BCUT2D eigenvalue weighted by Gasteiger charge is -2.39. The molecule has 0 aromatic rings. The molecule has 0 aromatic carbocycles. The van der Waals surface area contributed by atoms with Crippen molar-refractivity contribution in [3.63, 3.8) is 0 Å². The maximum absolute atomic E-state index is 12.1. The van der Waals surface area contributed by atoms with Gasteiger partial charge < -0.3 is 13.9 Å². The number of esters is 2. The summed E-state index contributed by atoms with van der Waals surface area (Å²) in [6, 6.07) is 0. The second kappa shape index (κ2) is 5.48. The van der Waals surface area contributed by atoms with Crippen LogP contribution in [-0.2, 0) is 23.5 Å². The number of carbonyl (C=O) groups is 2. The van der Waals surface area contributed by atoms with Crippen LogP contribution in [0.1, 0.15) is 34.6 Å². The Bertz CT molecular complexity index is 399. The first-order valence-corrected chi connectivity index (χ1v) is 9.88. The van der Waals surface area contributed by atoms with Gasteiger partial charge in [0.2, 0.25) is 0 Å². The molecular weight excluding hydrogens is 276 g/mol. The number of hydrogen-bond acceptors (Lipinski definition) is 5. The average molecular weight is 302 g/mol. The fourth-order valence-corrected chi connectivity index (χ4v) is 3.04. The van der Waals surface area contributed by atoms with Gasteiger partial charge in [-0.15, -0.1) is 0 Å². The van der Waals surface area contributed by atoms with Crippen LogP contribution < -0.4 is 0 Å². The molecule has 0 radical (unpaired) electrons. The summed E-state index contributed by atoms with van der Waals surface area (Å²) in [5.41, 5.74) is -1.05. The summed E-state index contributed by atoms with van der Waals surface area (Å²) in [5, 5.41) is -0.0502. The summed E-state index contributed by atoms with van der Waals surface area (Å²) in [7, 11) is -2.18. The number of cyclic esters (lactones) is 1. The molecule has 2 atom stereocenters. The van der Waals surface area contributed by atoms with E-state index in [0.29, 0.717) is 0 Å². The Morgan fingerprint density at radius 3 is 2.45 bits per heavy atom. The zero-order chi connectivity index (χ0) is 15.8. The van der Waals surface area contributed by atoms with Crippen molar-refractivity contribution in [2.75, 3.05) is 13.2 Å². The summed E-state index contributed by atoms with van der Waals surface area (Å²) in [4.78, 5) is 24.1. The molecule has 1 heterocycles. The van der Waals surface area contributed by atoms with Crippen LogP contribution in [0.3, 0.4) is 0 Å². The molecule has 0 unspecified atom stereocenters. The van der Waals surface area contributed by atoms with Gasteiger partial charge in [-0.3, -0.25) is 4.79 Å². The van der Waals surface area contributed by atoms with Crippen molar-refractivity contribution in [2.24, 2.45) is 5.41 Å². The van der Waals surface area contributed by atoms with Crippen LogP contribution in [-0.4, -0.2) is 39.6 Å². The highest BCUT2D eigenvalue weighted by Gasteiger charge is 2.57. The normalized spacial score (nSPS) is 27.4. The molecule has 1 aliphatic heterocycles. The maximum atomic E-state index is 12.1. The van der Waals surface area contributed by atoms with Gasteiger partial charge in [-0.05, 0) is 32.0 Å². The third-order valence-electron chi connectivity index (χ3n) is 4.27. The Hall–Kier alpha value is -0.883. The number of carbonyl (C=O) groups excluding carboxylic acids is 2. The highest BCUT2D eigenvalue weighted by molar-refractivity contribution is 6.74. The largest absolute Gasteiger partial charge is 0.465 e. The molecule has 6 heteroatoms. The fourth-order valence-electron chi connectivity index (χ4n) is 1.74. The van der Waals surface area contributed by atoms with Crippen molar-refractivity contribution < 1.29 is 23.5 Å². The van der Waals surface area contributed by atoms with Crippen molar-refractivity contribution in [1.29, 1.82) is 0 Å². The van der Waals surface area contributed by atoms with Gasteiger partial charge in [0.15, 0.2) is 14.4 Å². The van der Waals surface area contributed by atoms with E-state index in [2.05, 4.69) is 20.8 Å². The van der Waals surface area contributed by atoms with E-state index in [4.69, 9.17) is 13.9 Å². The molecule has 0 saturated carbocycles. The molecule has 0 N–H and O–H groups in total. The molecule has 20 heavy (non-hydrogen) atoms. The lowest BCUT2D eigenvalue weighted by molar-refractivity contribution is -0.159. The molecule has 1 fully saturated rings. The Morgan fingerprint density at radius 2 is 2.00 bits per heavy atom. The van der Waals surface area contributed by atoms with E-state index < -0.39 is 31.8 Å². The van der Waals surface area contributed by atoms with Crippen molar-refractivity contribution in [3.8, 4) is 0 Å². The Morgan fingerprint density at radius 1 is 1.45 bits per heavy atom. The zero-order valence-electron chi connectivity index (χ0n) is 13.5. The van der Waals surface area contributed by atoms with Crippen molar-refractivity contribution in [1.82, 2.24) is 0 Å². The minimum atomic E-state index is -2.18. The smallest absolute Gasteiger partial charge is 0.335 e. The zero-order valence-corrected chi connectivity index (χ0v) is 14.5. The van der Waals surface area contributed by atoms with Gasteiger partial charge in [0.25, 0.3) is 0 Å². The third kappa shape index (κ3) is 3.06. The summed E-state index contributed by atoms with van der Waals surface area (Å²) >= 11 is 0. The highest BCUT2D eigenvalue weighted by atomic mass is 28.4. The molecule has 0 bridgehead atoms. The molecule has 5 nitrogen and oxygen atoms in total. The summed E-state index contributed by atoms with van der Waals surface area (Å²) in [5.74, 6) is -0.903. The van der Waals surface area contributed by atoms with Crippen molar-refractivity contribution in [3.05, 3.63) is 0 Å². The van der Waals surface area contributed by atoms with Crippen molar-refractivity contribution >= 4 is 20.3 Å². The van der Waals surface area contributed by atoms with E-state index in [1.54, 1.807) is 13.8 Å². The monoisotopic (exact) mass is 302 g/mol. The van der Waals surface area contributed by atoms with Gasteiger partial charge in [-0.2, -0.15) is 0 Å². The van der Waals surface area contributed by atoms with E-state index in [1.807, 2.05) is 13.1 Å². The van der Waals surface area contributed by atoms with Gasteiger partial charge in [0, 0.05) is 0 Å². The highest BCUT2D eigenvalue weighted by Crippen LogP contribution is 2.42. The molecule has 0 amide bonds. The molecule has 0 aromatic heterocycles. The van der Waals surface area contributed by atoms with E-state index in [0.717, 1.165) is 0 Å². The molecule has 116 valence electrons. The lowest BCUT2D eigenvalue weighted by Crippen LogP contribution is -2.52. The van der Waals surface area contributed by atoms with E-state index in [1.165, 1.54) is 0 Å². The Balaban J connectivity index is 3.01. The predicted octanol–water partition coefficient (Wildman–Crippen LogP) is 2.50. The SMILES string of the molecule is CCOC(=O)[C@]1(C)COC(=O)[C@@H]1O[Si](C)(C)C(C)(C)C. The van der Waals surface area contributed by atoms with Crippen LogP contribution in [0.2, 0.25) is 18.1 Å². The first kappa shape index (κ1) is 17.2. The Labute approximate surface area is 122 Å². The van der Waals surface area contributed by atoms with Gasteiger partial charge >= 0.3 is 11.9 Å². The van der Waals surface area contributed by atoms with Gasteiger partial charge in [-0.25, -0.2) is 4.79 Å². The molecule has 1 aliphatic rings. The second-order valence-electron chi connectivity index (χ2n) is 7.00. The molecular formula is C14H26O5Si. The van der Waals surface area contributed by atoms with Crippen LogP contribution in [0.5, 0.6) is 0 Å². The average Bonchev–Trinajstić information content (AvgIpc) is 2.57. The fraction of sp³-hybridized carbons (Fsp3) is 0.857. The number of rotatable bonds is 4. The van der Waals surface area contributed by atoms with Crippen LogP contribution in [0.15, 0.2) is 0 Å². The molecule has 1 rings (SSSR count). The van der Waals surface area contributed by atoms with Crippen LogP contribution in [0.4, 0.5) is 0 Å². The van der Waals surface area contributed by atoms with Crippen LogP contribution in [0, 0.1) is 5.41 Å². The first-order chi connectivity index (χ1) is 8.95. The third-order valence-corrected chi connectivity index (χ3v) is 8.70. The summed E-state index contributed by atoms with van der Waals surface area (Å²) < 4.78 is 16.3. The predicted molar refractivity (Wildman–Crippen MR) is 77.8 cm³/mol. The quantitative estimate of drug-likeness (QED) is 0.590. The van der Waals surface area contributed by atoms with Crippen LogP contribution in [0.25, 0.3) is 0 Å². The summed E-state index contributed by atoms with van der Waals surface area (Å²) in [6.07, 6.45) is -0.873. The van der Waals surface area contributed by atoms with E-state index >= 15 is 0 Å². The standard InChI is InChI=1S/C14H26O5Si/c1-8-17-12(16)14(5)9-18-11(15)10(14)19-20(6,7)13(2,3)4/h10H,8-9H2,1-7H3/t10-,14+/m0/s1. The second-order valence-corrected chi connectivity index (χ2v) is 11.8. The number of ether oxygens (including phenoxy) is 2. The van der Waals surface area contributed by atoms with Gasteiger partial charge in [0.1, 0.15) is 12.0 Å². The van der Waals surface area contributed by atoms with Gasteiger partial charge in [-0.1, -0.05) is 20.8 Å². The molecule has 0 aliphatic carbocycles. The van der Waals surface area contributed by atoms with E-state index in [-0.39, 0.29) is 18.3 Å². The minimum Gasteiger partial charge on any atom is -0.465 e. The molecule has 1 saturated heterocycles. The van der Waals surface area contributed by atoms with Crippen LogP contribution >= 0.6 is 0 Å². The maximum Gasteiger partial charge on any atom is 0.335 e. The number of hydrogen-bond donors (Lipinski definition) is 0. The van der Waals surface area contributed by atoms with Crippen molar-refractivity contribution in [2.45, 2.75) is 58.9 Å². The minimum absolute atomic E-state index is 0.0178. The summed E-state index contributed by atoms with van der Waals surface area (Å²) in [6.45, 7) is 14.0. The molecule has 0 spiro atoms. The first-order valence-electron chi connectivity index (χ1n) is 6.97.